The highest BCUT2D eigenvalue weighted by molar-refractivity contribution is 4.90. The van der Waals surface area contributed by atoms with E-state index in [4.69, 9.17) is 0 Å². The van der Waals surface area contributed by atoms with Gasteiger partial charge in [-0.1, -0.05) is 20.8 Å². The molecule has 0 saturated heterocycles. The van der Waals surface area contributed by atoms with Gasteiger partial charge in [0.2, 0.25) is 0 Å². The number of rotatable bonds is 7. The molecule has 0 bridgehead atoms. The van der Waals surface area contributed by atoms with Crippen molar-refractivity contribution in [2.24, 2.45) is 0 Å². The normalized spacial score (nSPS) is 21.2. The Hall–Kier alpha value is -0.0800. The van der Waals surface area contributed by atoms with E-state index < -0.39 is 0 Å². The molecule has 2 nitrogen and oxygen atoms in total. The zero-order chi connectivity index (χ0) is 10.6. The van der Waals surface area contributed by atoms with Crippen LogP contribution in [-0.2, 0) is 0 Å². The van der Waals surface area contributed by atoms with Crippen molar-refractivity contribution in [2.75, 3.05) is 13.1 Å². The van der Waals surface area contributed by atoms with Gasteiger partial charge in [-0.3, -0.25) is 4.90 Å². The maximum absolute atomic E-state index is 3.59. The lowest BCUT2D eigenvalue weighted by atomic mass is 10.1. The van der Waals surface area contributed by atoms with Crippen LogP contribution in [0.1, 0.15) is 47.0 Å². The lowest BCUT2D eigenvalue weighted by Gasteiger charge is -2.34. The van der Waals surface area contributed by atoms with Crippen LogP contribution in [0, 0.1) is 0 Å². The highest BCUT2D eigenvalue weighted by atomic mass is 15.2. The van der Waals surface area contributed by atoms with E-state index in [2.05, 4.69) is 37.9 Å². The Morgan fingerprint density at radius 1 is 1.29 bits per heavy atom. The molecule has 0 radical (unpaired) electrons. The summed E-state index contributed by atoms with van der Waals surface area (Å²) in [6.07, 6.45) is 4.07. The fraction of sp³-hybridized carbons (Fsp3) is 1.00. The average Bonchev–Trinajstić information content (AvgIpc) is 2.99. The van der Waals surface area contributed by atoms with E-state index in [0.29, 0.717) is 12.1 Å². The van der Waals surface area contributed by atoms with Crippen molar-refractivity contribution in [3.63, 3.8) is 0 Å². The monoisotopic (exact) mass is 198 g/mol. The van der Waals surface area contributed by atoms with Gasteiger partial charge in [-0.2, -0.15) is 0 Å². The molecule has 1 N–H and O–H groups in total. The standard InChI is InChI=1S/C12H26N2/c1-5-12(13-6-2)10(4)14(7-3)11-8-9-11/h10-13H,5-9H2,1-4H3. The van der Waals surface area contributed by atoms with Crippen LogP contribution in [0.2, 0.25) is 0 Å². The first-order valence-corrected chi connectivity index (χ1v) is 6.23. The van der Waals surface area contributed by atoms with Crippen LogP contribution in [0.3, 0.4) is 0 Å². The Bertz CT molecular complexity index is 154. The van der Waals surface area contributed by atoms with Gasteiger partial charge < -0.3 is 5.32 Å². The van der Waals surface area contributed by atoms with E-state index in [9.17, 15) is 0 Å². The lowest BCUT2D eigenvalue weighted by Crippen LogP contribution is -2.49. The van der Waals surface area contributed by atoms with Crippen LogP contribution in [-0.4, -0.2) is 36.1 Å². The zero-order valence-electron chi connectivity index (χ0n) is 10.2. The van der Waals surface area contributed by atoms with Crippen LogP contribution in [0.4, 0.5) is 0 Å². The summed E-state index contributed by atoms with van der Waals surface area (Å²) in [7, 11) is 0. The zero-order valence-corrected chi connectivity index (χ0v) is 10.2. The molecule has 0 aromatic rings. The SMILES string of the molecule is CCNC(CC)C(C)N(CC)C1CC1. The summed E-state index contributed by atoms with van der Waals surface area (Å²) in [5.41, 5.74) is 0. The number of nitrogens with zero attached hydrogens (tertiary/aromatic N) is 1. The lowest BCUT2D eigenvalue weighted by molar-refractivity contribution is 0.166. The fourth-order valence-corrected chi connectivity index (χ4v) is 2.43. The maximum atomic E-state index is 3.59. The minimum Gasteiger partial charge on any atom is -0.313 e. The summed E-state index contributed by atoms with van der Waals surface area (Å²) < 4.78 is 0. The molecule has 1 rings (SSSR count). The Labute approximate surface area is 89.1 Å². The van der Waals surface area contributed by atoms with Crippen molar-refractivity contribution in [2.45, 2.75) is 65.1 Å². The summed E-state index contributed by atoms with van der Waals surface area (Å²) in [5.74, 6) is 0. The fourth-order valence-electron chi connectivity index (χ4n) is 2.43. The van der Waals surface area contributed by atoms with Gasteiger partial charge in [-0.15, -0.1) is 0 Å². The van der Waals surface area contributed by atoms with Gasteiger partial charge in [-0.25, -0.2) is 0 Å². The Morgan fingerprint density at radius 3 is 2.29 bits per heavy atom. The quantitative estimate of drug-likeness (QED) is 0.675. The first-order chi connectivity index (χ1) is 6.74. The molecule has 1 aliphatic carbocycles. The molecule has 0 spiro atoms. The van der Waals surface area contributed by atoms with Crippen molar-refractivity contribution in [3.8, 4) is 0 Å². The number of hydrogen-bond acceptors (Lipinski definition) is 2. The molecule has 0 aromatic heterocycles. The summed E-state index contributed by atoms with van der Waals surface area (Å²) in [6.45, 7) is 11.4. The van der Waals surface area contributed by atoms with Crippen LogP contribution in [0.25, 0.3) is 0 Å². The molecular formula is C12H26N2. The van der Waals surface area contributed by atoms with E-state index in [1.165, 1.54) is 25.8 Å². The molecule has 0 aromatic carbocycles. The molecule has 1 fully saturated rings. The minimum atomic E-state index is 0.667. The smallest absolute Gasteiger partial charge is 0.0223 e. The second kappa shape index (κ2) is 5.72. The number of nitrogens with one attached hydrogen (secondary N) is 1. The molecule has 2 heteroatoms. The first kappa shape index (κ1) is 12.0. The highest BCUT2D eigenvalue weighted by Gasteiger charge is 2.33. The Balaban J connectivity index is 2.45. The average molecular weight is 198 g/mol. The molecule has 2 unspecified atom stereocenters. The predicted octanol–water partition coefficient (Wildman–Crippen LogP) is 2.25. The van der Waals surface area contributed by atoms with Gasteiger partial charge >= 0.3 is 0 Å². The molecule has 0 aliphatic heterocycles. The molecule has 1 saturated carbocycles. The third-order valence-corrected chi connectivity index (χ3v) is 3.39. The van der Waals surface area contributed by atoms with E-state index >= 15 is 0 Å². The highest BCUT2D eigenvalue weighted by Crippen LogP contribution is 2.29. The van der Waals surface area contributed by atoms with Crippen LogP contribution < -0.4 is 5.32 Å². The Morgan fingerprint density at radius 2 is 1.93 bits per heavy atom. The second-order valence-electron chi connectivity index (χ2n) is 4.37. The molecule has 0 amide bonds. The van der Waals surface area contributed by atoms with E-state index in [0.717, 1.165) is 12.6 Å². The summed E-state index contributed by atoms with van der Waals surface area (Å²) in [5, 5.41) is 3.59. The third kappa shape index (κ3) is 2.96. The van der Waals surface area contributed by atoms with Crippen molar-refractivity contribution in [1.82, 2.24) is 10.2 Å². The molecule has 1 aliphatic rings. The van der Waals surface area contributed by atoms with Crippen molar-refractivity contribution in [1.29, 1.82) is 0 Å². The van der Waals surface area contributed by atoms with Crippen molar-refractivity contribution in [3.05, 3.63) is 0 Å². The van der Waals surface area contributed by atoms with Crippen LogP contribution >= 0.6 is 0 Å². The van der Waals surface area contributed by atoms with Gasteiger partial charge in [0.15, 0.2) is 0 Å². The first-order valence-electron chi connectivity index (χ1n) is 6.23. The minimum absolute atomic E-state index is 0.667. The van der Waals surface area contributed by atoms with Crippen LogP contribution in [0.5, 0.6) is 0 Å². The van der Waals surface area contributed by atoms with Gasteiger partial charge in [0, 0.05) is 18.1 Å². The molecule has 14 heavy (non-hydrogen) atoms. The van der Waals surface area contributed by atoms with E-state index in [1.54, 1.807) is 0 Å². The summed E-state index contributed by atoms with van der Waals surface area (Å²) in [6, 6.07) is 2.25. The molecule has 2 atom stereocenters. The summed E-state index contributed by atoms with van der Waals surface area (Å²) >= 11 is 0. The Kier molecular flexibility index (Phi) is 4.90. The van der Waals surface area contributed by atoms with Crippen molar-refractivity contribution >= 4 is 0 Å². The van der Waals surface area contributed by atoms with Crippen molar-refractivity contribution < 1.29 is 0 Å². The molecule has 84 valence electrons. The van der Waals surface area contributed by atoms with Gasteiger partial charge in [0.25, 0.3) is 0 Å². The number of hydrogen-bond donors (Lipinski definition) is 1. The topological polar surface area (TPSA) is 15.3 Å². The van der Waals surface area contributed by atoms with Crippen LogP contribution in [0.15, 0.2) is 0 Å². The second-order valence-corrected chi connectivity index (χ2v) is 4.37. The predicted molar refractivity (Wildman–Crippen MR) is 62.6 cm³/mol. The third-order valence-electron chi connectivity index (χ3n) is 3.39. The van der Waals surface area contributed by atoms with Gasteiger partial charge in [-0.05, 0) is 39.3 Å². The van der Waals surface area contributed by atoms with E-state index in [1.807, 2.05) is 0 Å². The summed E-state index contributed by atoms with van der Waals surface area (Å²) in [4.78, 5) is 2.66. The largest absolute Gasteiger partial charge is 0.313 e. The van der Waals surface area contributed by atoms with Gasteiger partial charge in [0.1, 0.15) is 0 Å². The van der Waals surface area contributed by atoms with E-state index in [-0.39, 0.29) is 0 Å². The maximum Gasteiger partial charge on any atom is 0.0223 e. The number of likely N-dealkylation sites (N-methyl/N-ethyl adjacent to an activating group) is 2. The van der Waals surface area contributed by atoms with Gasteiger partial charge in [0.05, 0.1) is 0 Å². The molecular weight excluding hydrogens is 172 g/mol. The molecule has 0 heterocycles.